The summed E-state index contributed by atoms with van der Waals surface area (Å²) in [6.45, 7) is 2.08. The van der Waals surface area contributed by atoms with Crippen LogP contribution in [0.3, 0.4) is 0 Å². The minimum Gasteiger partial charge on any atom is -0.345 e. The van der Waals surface area contributed by atoms with Gasteiger partial charge in [0.2, 0.25) is 11.8 Å². The summed E-state index contributed by atoms with van der Waals surface area (Å²) in [6, 6.07) is 8.19. The second-order valence-corrected chi connectivity index (χ2v) is 7.88. The molecule has 2 amide bonds. The molecule has 2 aliphatic heterocycles. The molecule has 5 nitrogen and oxygen atoms in total. The first kappa shape index (κ1) is 15.6. The number of piperidine rings is 1. The molecule has 0 spiro atoms. The number of nitrogens with zero attached hydrogens (tertiary/aromatic N) is 3. The van der Waals surface area contributed by atoms with Crippen LogP contribution in [-0.4, -0.2) is 53.3 Å². The highest BCUT2D eigenvalue weighted by molar-refractivity contribution is 7.18. The fourth-order valence-electron chi connectivity index (χ4n) is 3.73. The van der Waals surface area contributed by atoms with Crippen LogP contribution in [0.25, 0.3) is 10.2 Å². The van der Waals surface area contributed by atoms with Gasteiger partial charge in [0.1, 0.15) is 0 Å². The van der Waals surface area contributed by atoms with E-state index >= 15 is 0 Å². The molecule has 24 heavy (non-hydrogen) atoms. The van der Waals surface area contributed by atoms with Crippen LogP contribution in [0.5, 0.6) is 0 Å². The Labute approximate surface area is 145 Å². The molecule has 2 unspecified atom stereocenters. The maximum atomic E-state index is 12.8. The standard InChI is InChI=1S/C18H21N3O2S/c1-20-10-13(9-16(20)22)18(23)21-8-4-5-12(11-21)17-19-14-6-2-3-7-15(14)24-17/h2-3,6-7,12-13H,4-5,8-11H2,1H3. The molecule has 0 aliphatic carbocycles. The maximum Gasteiger partial charge on any atom is 0.228 e. The first-order chi connectivity index (χ1) is 11.6. The van der Waals surface area contributed by atoms with Crippen LogP contribution in [0.2, 0.25) is 0 Å². The summed E-state index contributed by atoms with van der Waals surface area (Å²) >= 11 is 1.74. The van der Waals surface area contributed by atoms with Crippen LogP contribution in [-0.2, 0) is 9.59 Å². The van der Waals surface area contributed by atoms with Crippen molar-refractivity contribution in [1.82, 2.24) is 14.8 Å². The van der Waals surface area contributed by atoms with Gasteiger partial charge < -0.3 is 9.80 Å². The molecule has 1 aromatic carbocycles. The Kier molecular flexibility index (Phi) is 4.00. The van der Waals surface area contributed by atoms with Gasteiger partial charge in [-0.15, -0.1) is 11.3 Å². The van der Waals surface area contributed by atoms with Crippen molar-refractivity contribution in [2.24, 2.45) is 5.92 Å². The van der Waals surface area contributed by atoms with Crippen LogP contribution < -0.4 is 0 Å². The molecule has 0 bridgehead atoms. The molecule has 3 heterocycles. The van der Waals surface area contributed by atoms with Crippen molar-refractivity contribution in [1.29, 1.82) is 0 Å². The summed E-state index contributed by atoms with van der Waals surface area (Å²) < 4.78 is 1.21. The third kappa shape index (κ3) is 2.79. The van der Waals surface area contributed by atoms with Gasteiger partial charge in [-0.1, -0.05) is 12.1 Å². The zero-order valence-electron chi connectivity index (χ0n) is 13.8. The number of carbonyl (C=O) groups is 2. The molecular weight excluding hydrogens is 322 g/mol. The van der Waals surface area contributed by atoms with Crippen LogP contribution in [0.4, 0.5) is 0 Å². The zero-order valence-corrected chi connectivity index (χ0v) is 14.6. The van der Waals surface area contributed by atoms with Gasteiger partial charge in [-0.2, -0.15) is 0 Å². The maximum absolute atomic E-state index is 12.8. The van der Waals surface area contributed by atoms with Gasteiger partial charge in [0.05, 0.1) is 21.1 Å². The van der Waals surface area contributed by atoms with Gasteiger partial charge in [0, 0.05) is 39.0 Å². The number of rotatable bonds is 2. The van der Waals surface area contributed by atoms with Gasteiger partial charge in [0.25, 0.3) is 0 Å². The van der Waals surface area contributed by atoms with Crippen molar-refractivity contribution >= 4 is 33.4 Å². The first-order valence-electron chi connectivity index (χ1n) is 8.50. The number of carbonyl (C=O) groups excluding carboxylic acids is 2. The first-order valence-corrected chi connectivity index (χ1v) is 9.31. The molecule has 1 aromatic heterocycles. The van der Waals surface area contributed by atoms with Gasteiger partial charge in [-0.05, 0) is 25.0 Å². The minimum absolute atomic E-state index is 0.0769. The lowest BCUT2D eigenvalue weighted by atomic mass is 9.96. The van der Waals surface area contributed by atoms with Gasteiger partial charge in [-0.25, -0.2) is 4.98 Å². The van der Waals surface area contributed by atoms with Gasteiger partial charge >= 0.3 is 0 Å². The van der Waals surface area contributed by atoms with E-state index in [2.05, 4.69) is 6.07 Å². The molecule has 126 valence electrons. The van der Waals surface area contributed by atoms with E-state index in [1.54, 1.807) is 23.3 Å². The Hall–Kier alpha value is -1.95. The number of hydrogen-bond donors (Lipinski definition) is 0. The van der Waals surface area contributed by atoms with E-state index in [9.17, 15) is 9.59 Å². The summed E-state index contributed by atoms with van der Waals surface area (Å²) in [5.74, 6) is 0.359. The molecule has 2 saturated heterocycles. The monoisotopic (exact) mass is 343 g/mol. The predicted molar refractivity (Wildman–Crippen MR) is 93.9 cm³/mol. The fraction of sp³-hybridized carbons (Fsp3) is 0.500. The quantitative estimate of drug-likeness (QED) is 0.842. The van der Waals surface area contributed by atoms with Crippen molar-refractivity contribution in [3.05, 3.63) is 29.3 Å². The molecule has 0 N–H and O–H groups in total. The Morgan fingerprint density at radius 3 is 2.88 bits per heavy atom. The number of aromatic nitrogens is 1. The van der Waals surface area contributed by atoms with E-state index in [0.717, 1.165) is 36.5 Å². The highest BCUT2D eigenvalue weighted by Gasteiger charge is 2.36. The summed E-state index contributed by atoms with van der Waals surface area (Å²) in [5, 5.41) is 1.13. The number of amides is 2. The number of para-hydroxylation sites is 1. The van der Waals surface area contributed by atoms with Crippen LogP contribution in [0, 0.1) is 5.92 Å². The van der Waals surface area contributed by atoms with Crippen molar-refractivity contribution in [3.63, 3.8) is 0 Å². The van der Waals surface area contributed by atoms with E-state index in [0.29, 0.717) is 18.9 Å². The molecule has 2 aromatic rings. The molecule has 2 fully saturated rings. The SMILES string of the molecule is CN1CC(C(=O)N2CCCC(c3nc4ccccc4s3)C2)CC1=O. The molecular formula is C18H21N3O2S. The lowest BCUT2D eigenvalue weighted by Crippen LogP contribution is -2.42. The fourth-order valence-corrected chi connectivity index (χ4v) is 4.82. The number of thiazole rings is 1. The second kappa shape index (κ2) is 6.16. The van der Waals surface area contributed by atoms with E-state index in [4.69, 9.17) is 4.98 Å². The van der Waals surface area contributed by atoms with E-state index in [1.807, 2.05) is 23.1 Å². The normalized spacial score (nSPS) is 24.8. The highest BCUT2D eigenvalue weighted by Crippen LogP contribution is 2.33. The molecule has 2 aliphatic rings. The molecule has 6 heteroatoms. The number of likely N-dealkylation sites (tertiary alicyclic amines) is 2. The Morgan fingerprint density at radius 2 is 2.12 bits per heavy atom. The van der Waals surface area contributed by atoms with Crippen LogP contribution in [0.1, 0.15) is 30.2 Å². The Bertz CT molecular complexity index is 754. The molecule has 0 radical (unpaired) electrons. The summed E-state index contributed by atoms with van der Waals surface area (Å²) in [5.41, 5.74) is 1.05. The average Bonchev–Trinajstić information content (AvgIpc) is 3.18. The minimum atomic E-state index is -0.170. The lowest BCUT2D eigenvalue weighted by molar-refractivity contribution is -0.137. The Balaban J connectivity index is 1.49. The van der Waals surface area contributed by atoms with Crippen LogP contribution in [0.15, 0.2) is 24.3 Å². The predicted octanol–water partition coefficient (Wildman–Crippen LogP) is 2.48. The van der Waals surface area contributed by atoms with E-state index < -0.39 is 0 Å². The highest BCUT2D eigenvalue weighted by atomic mass is 32.1. The molecule has 2 atom stereocenters. The lowest BCUT2D eigenvalue weighted by Gasteiger charge is -2.33. The number of fused-ring (bicyclic) bond motifs is 1. The van der Waals surface area contributed by atoms with Crippen molar-refractivity contribution in [2.75, 3.05) is 26.7 Å². The largest absolute Gasteiger partial charge is 0.345 e. The summed E-state index contributed by atoms with van der Waals surface area (Å²) in [4.78, 5) is 32.9. The van der Waals surface area contributed by atoms with Crippen LogP contribution >= 0.6 is 11.3 Å². The van der Waals surface area contributed by atoms with E-state index in [-0.39, 0.29) is 17.7 Å². The van der Waals surface area contributed by atoms with Crippen molar-refractivity contribution < 1.29 is 9.59 Å². The number of benzene rings is 1. The van der Waals surface area contributed by atoms with E-state index in [1.165, 1.54) is 4.70 Å². The third-order valence-electron chi connectivity index (χ3n) is 5.08. The number of hydrogen-bond acceptors (Lipinski definition) is 4. The molecule has 0 saturated carbocycles. The van der Waals surface area contributed by atoms with Crippen molar-refractivity contribution in [2.45, 2.75) is 25.2 Å². The topological polar surface area (TPSA) is 53.5 Å². The Morgan fingerprint density at radius 1 is 1.29 bits per heavy atom. The van der Waals surface area contributed by atoms with Gasteiger partial charge in [0.15, 0.2) is 0 Å². The van der Waals surface area contributed by atoms with Crippen molar-refractivity contribution in [3.8, 4) is 0 Å². The summed E-state index contributed by atoms with van der Waals surface area (Å²) in [7, 11) is 1.77. The average molecular weight is 343 g/mol. The zero-order chi connectivity index (χ0) is 16.7. The second-order valence-electron chi connectivity index (χ2n) is 6.82. The smallest absolute Gasteiger partial charge is 0.228 e. The molecule has 4 rings (SSSR count). The summed E-state index contributed by atoms with van der Waals surface area (Å²) in [6.07, 6.45) is 2.44. The van der Waals surface area contributed by atoms with Gasteiger partial charge in [-0.3, -0.25) is 9.59 Å². The third-order valence-corrected chi connectivity index (χ3v) is 6.28.